The van der Waals surface area contributed by atoms with Gasteiger partial charge in [0, 0.05) is 23.4 Å². The van der Waals surface area contributed by atoms with Crippen molar-refractivity contribution in [2.45, 2.75) is 36.4 Å². The number of sulfone groups is 1. The van der Waals surface area contributed by atoms with Crippen molar-refractivity contribution < 1.29 is 18.3 Å². The van der Waals surface area contributed by atoms with Crippen LogP contribution < -0.4 is 0 Å². The molecule has 2 heterocycles. The standard InChI is InChI=1S/C19H21N3O4S/c1-27(24,25)17-7-2-4-15(9-17)22-19-14(11-21-22)8-13(10-20-19)18(23)12-26-16-5-3-6-16/h2,4,7-11,16,18,23H,3,5-6,12H2,1H3/t18-/m1/s1. The number of aliphatic hydroxyl groups is 1. The summed E-state index contributed by atoms with van der Waals surface area (Å²) in [4.78, 5) is 4.65. The van der Waals surface area contributed by atoms with Gasteiger partial charge in [-0.25, -0.2) is 18.1 Å². The fourth-order valence-electron chi connectivity index (χ4n) is 3.02. The van der Waals surface area contributed by atoms with E-state index in [4.69, 9.17) is 4.74 Å². The van der Waals surface area contributed by atoms with Gasteiger partial charge in [-0.1, -0.05) is 6.07 Å². The monoisotopic (exact) mass is 387 g/mol. The summed E-state index contributed by atoms with van der Waals surface area (Å²) in [6.45, 7) is 0.252. The molecular formula is C19H21N3O4S. The predicted molar refractivity (Wildman–Crippen MR) is 101 cm³/mol. The molecule has 3 aromatic rings. The van der Waals surface area contributed by atoms with E-state index in [2.05, 4.69) is 10.1 Å². The van der Waals surface area contributed by atoms with E-state index in [0.717, 1.165) is 18.2 Å². The van der Waals surface area contributed by atoms with Crippen LogP contribution in [0.3, 0.4) is 0 Å². The Morgan fingerprint density at radius 1 is 1.30 bits per heavy atom. The smallest absolute Gasteiger partial charge is 0.175 e. The summed E-state index contributed by atoms with van der Waals surface area (Å²) in [6.07, 6.45) is 7.26. The molecule has 0 radical (unpaired) electrons. The summed E-state index contributed by atoms with van der Waals surface area (Å²) >= 11 is 0. The maximum atomic E-state index is 11.8. The molecule has 7 nitrogen and oxygen atoms in total. The Labute approximate surface area is 157 Å². The number of rotatable bonds is 6. The third kappa shape index (κ3) is 3.73. The number of hydrogen-bond donors (Lipinski definition) is 1. The average molecular weight is 387 g/mol. The van der Waals surface area contributed by atoms with Gasteiger partial charge in [-0.2, -0.15) is 5.10 Å². The number of aliphatic hydroxyl groups excluding tert-OH is 1. The Morgan fingerprint density at radius 3 is 2.81 bits per heavy atom. The number of aromatic nitrogens is 3. The molecule has 0 bridgehead atoms. The normalized spacial score (nSPS) is 16.4. The van der Waals surface area contributed by atoms with Crippen LogP contribution in [-0.4, -0.2) is 47.3 Å². The second kappa shape index (κ2) is 7.03. The summed E-state index contributed by atoms with van der Waals surface area (Å²) in [5.74, 6) is 0. The third-order valence-electron chi connectivity index (χ3n) is 4.85. The maximum Gasteiger partial charge on any atom is 0.175 e. The summed E-state index contributed by atoms with van der Waals surface area (Å²) in [5, 5.41) is 15.4. The lowest BCUT2D eigenvalue weighted by atomic mass is 9.96. The molecule has 1 saturated carbocycles. The molecule has 0 spiro atoms. The van der Waals surface area contributed by atoms with Gasteiger partial charge in [0.25, 0.3) is 0 Å². The third-order valence-corrected chi connectivity index (χ3v) is 5.96. The van der Waals surface area contributed by atoms with E-state index in [-0.39, 0.29) is 17.6 Å². The van der Waals surface area contributed by atoms with Crippen LogP contribution in [-0.2, 0) is 14.6 Å². The molecule has 2 aromatic heterocycles. The van der Waals surface area contributed by atoms with Gasteiger partial charge in [-0.15, -0.1) is 0 Å². The minimum Gasteiger partial charge on any atom is -0.386 e. The zero-order chi connectivity index (χ0) is 19.0. The Morgan fingerprint density at radius 2 is 2.11 bits per heavy atom. The van der Waals surface area contributed by atoms with E-state index in [1.54, 1.807) is 41.3 Å². The molecule has 1 N–H and O–H groups in total. The second-order valence-electron chi connectivity index (χ2n) is 6.91. The number of hydrogen-bond acceptors (Lipinski definition) is 6. The van der Waals surface area contributed by atoms with Crippen molar-refractivity contribution in [1.82, 2.24) is 14.8 Å². The first-order chi connectivity index (χ1) is 12.9. The molecule has 1 fully saturated rings. The average Bonchev–Trinajstić information content (AvgIpc) is 3.03. The zero-order valence-electron chi connectivity index (χ0n) is 14.9. The molecule has 0 saturated heterocycles. The van der Waals surface area contributed by atoms with E-state index < -0.39 is 15.9 Å². The second-order valence-corrected chi connectivity index (χ2v) is 8.93. The van der Waals surface area contributed by atoms with Crippen molar-refractivity contribution in [3.05, 3.63) is 48.3 Å². The molecule has 0 unspecified atom stereocenters. The number of ether oxygens (including phenoxy) is 1. The molecule has 1 aliphatic carbocycles. The topological polar surface area (TPSA) is 94.3 Å². The highest BCUT2D eigenvalue weighted by molar-refractivity contribution is 7.90. The lowest BCUT2D eigenvalue weighted by Crippen LogP contribution is -2.24. The number of fused-ring (bicyclic) bond motifs is 1. The van der Waals surface area contributed by atoms with Gasteiger partial charge in [0.05, 0.1) is 29.5 Å². The molecular weight excluding hydrogens is 366 g/mol. The highest BCUT2D eigenvalue weighted by Crippen LogP contribution is 2.25. The van der Waals surface area contributed by atoms with Crippen LogP contribution in [0.15, 0.2) is 47.6 Å². The molecule has 1 aliphatic rings. The van der Waals surface area contributed by atoms with E-state index in [1.807, 2.05) is 6.07 Å². The van der Waals surface area contributed by atoms with E-state index in [0.29, 0.717) is 16.9 Å². The lowest BCUT2D eigenvalue weighted by Gasteiger charge is -2.26. The Kier molecular flexibility index (Phi) is 4.71. The lowest BCUT2D eigenvalue weighted by molar-refractivity contribution is -0.0427. The van der Waals surface area contributed by atoms with Gasteiger partial charge >= 0.3 is 0 Å². The van der Waals surface area contributed by atoms with Crippen molar-refractivity contribution >= 4 is 20.9 Å². The fraction of sp³-hybridized carbons (Fsp3) is 0.368. The van der Waals surface area contributed by atoms with Gasteiger partial charge in [0.15, 0.2) is 15.5 Å². The molecule has 142 valence electrons. The number of pyridine rings is 1. The van der Waals surface area contributed by atoms with Gasteiger partial charge in [-0.05, 0) is 43.5 Å². The summed E-state index contributed by atoms with van der Waals surface area (Å²) in [6, 6.07) is 8.40. The molecule has 1 aromatic carbocycles. The highest BCUT2D eigenvalue weighted by Gasteiger charge is 2.20. The van der Waals surface area contributed by atoms with E-state index in [9.17, 15) is 13.5 Å². The Balaban J connectivity index is 1.61. The zero-order valence-corrected chi connectivity index (χ0v) is 15.8. The van der Waals surface area contributed by atoms with Crippen LogP contribution in [0.25, 0.3) is 16.7 Å². The van der Waals surface area contributed by atoms with Crippen molar-refractivity contribution in [1.29, 1.82) is 0 Å². The van der Waals surface area contributed by atoms with Crippen molar-refractivity contribution in [2.75, 3.05) is 12.9 Å². The molecule has 0 aliphatic heterocycles. The van der Waals surface area contributed by atoms with Crippen LogP contribution in [0.2, 0.25) is 0 Å². The molecule has 8 heteroatoms. The first-order valence-electron chi connectivity index (χ1n) is 8.85. The molecule has 4 rings (SSSR count). The van der Waals surface area contributed by atoms with Crippen LogP contribution in [0.4, 0.5) is 0 Å². The van der Waals surface area contributed by atoms with Gasteiger partial charge < -0.3 is 9.84 Å². The van der Waals surface area contributed by atoms with E-state index >= 15 is 0 Å². The largest absolute Gasteiger partial charge is 0.386 e. The van der Waals surface area contributed by atoms with Crippen LogP contribution in [0, 0.1) is 0 Å². The van der Waals surface area contributed by atoms with Gasteiger partial charge in [-0.3, -0.25) is 0 Å². The predicted octanol–water partition coefficient (Wildman–Crippen LogP) is 2.43. The fourth-order valence-corrected chi connectivity index (χ4v) is 3.68. The summed E-state index contributed by atoms with van der Waals surface area (Å²) in [5.41, 5.74) is 1.88. The SMILES string of the molecule is CS(=O)(=O)c1cccc(-n2ncc3cc([C@H](O)COC4CCC4)cnc32)c1. The Hall–Kier alpha value is -2.29. The Bertz CT molecular complexity index is 1070. The van der Waals surface area contributed by atoms with Crippen LogP contribution >= 0.6 is 0 Å². The number of nitrogens with zero attached hydrogens (tertiary/aromatic N) is 3. The summed E-state index contributed by atoms with van der Waals surface area (Å²) in [7, 11) is -3.31. The van der Waals surface area contributed by atoms with Crippen LogP contribution in [0.5, 0.6) is 0 Å². The first kappa shape index (κ1) is 18.1. The van der Waals surface area contributed by atoms with Crippen molar-refractivity contribution in [3.63, 3.8) is 0 Å². The first-order valence-corrected chi connectivity index (χ1v) is 10.7. The quantitative estimate of drug-likeness (QED) is 0.698. The van der Waals surface area contributed by atoms with Crippen molar-refractivity contribution in [3.8, 4) is 5.69 Å². The summed E-state index contributed by atoms with van der Waals surface area (Å²) < 4.78 is 30.8. The minimum absolute atomic E-state index is 0.226. The van der Waals surface area contributed by atoms with E-state index in [1.165, 1.54) is 12.7 Å². The molecule has 0 amide bonds. The molecule has 1 atom stereocenters. The van der Waals surface area contributed by atoms with Crippen LogP contribution in [0.1, 0.15) is 30.9 Å². The van der Waals surface area contributed by atoms with Gasteiger partial charge in [0.1, 0.15) is 6.10 Å². The highest BCUT2D eigenvalue weighted by atomic mass is 32.2. The van der Waals surface area contributed by atoms with Crippen molar-refractivity contribution in [2.24, 2.45) is 0 Å². The number of benzene rings is 1. The maximum absolute atomic E-state index is 11.8. The molecule has 27 heavy (non-hydrogen) atoms. The van der Waals surface area contributed by atoms with Gasteiger partial charge in [0.2, 0.25) is 0 Å². The minimum atomic E-state index is -3.31.